The van der Waals surface area contributed by atoms with Crippen molar-refractivity contribution in [1.82, 2.24) is 4.90 Å². The van der Waals surface area contributed by atoms with Gasteiger partial charge in [0.2, 0.25) is 0 Å². The molecule has 0 bridgehead atoms. The van der Waals surface area contributed by atoms with Gasteiger partial charge in [0.25, 0.3) is 5.91 Å². The number of carbonyl (C=O) groups excluding carboxylic acids is 1. The Morgan fingerprint density at radius 2 is 2.28 bits per heavy atom. The van der Waals surface area contributed by atoms with Crippen LogP contribution in [0.4, 0.5) is 4.39 Å². The Labute approximate surface area is 112 Å². The Kier molecular flexibility index (Phi) is 3.91. The Morgan fingerprint density at radius 3 is 2.94 bits per heavy atom. The maximum absolute atomic E-state index is 13.7. The molecule has 0 saturated carbocycles. The summed E-state index contributed by atoms with van der Waals surface area (Å²) in [5.41, 5.74) is 1.04. The monoisotopic (exact) mass is 269 g/mol. The molecule has 1 aliphatic rings. The fraction of sp³-hybridized carbons (Fsp3) is 0.500. The maximum atomic E-state index is 13.7. The predicted octanol–water partition coefficient (Wildman–Crippen LogP) is 3.22. The first-order chi connectivity index (χ1) is 8.54. The molecule has 4 heteroatoms. The summed E-state index contributed by atoms with van der Waals surface area (Å²) in [6.07, 6.45) is 0.927. The fourth-order valence-corrected chi connectivity index (χ4v) is 2.92. The van der Waals surface area contributed by atoms with Crippen LogP contribution in [-0.4, -0.2) is 29.3 Å². The standard InChI is InChI=1S/C14H17ClFNO/c1-9-3-4-12(16)11(7-9)14(18)17-6-5-10(2)13(17)8-15/h3-4,7,10,13H,5-6,8H2,1-2H3. The van der Waals surface area contributed by atoms with Crippen molar-refractivity contribution in [2.75, 3.05) is 12.4 Å². The van der Waals surface area contributed by atoms with Gasteiger partial charge in [-0.1, -0.05) is 18.6 Å². The summed E-state index contributed by atoms with van der Waals surface area (Å²) in [7, 11) is 0. The summed E-state index contributed by atoms with van der Waals surface area (Å²) in [4.78, 5) is 14.1. The second kappa shape index (κ2) is 5.27. The van der Waals surface area contributed by atoms with Crippen molar-refractivity contribution >= 4 is 17.5 Å². The number of nitrogens with zero attached hydrogens (tertiary/aromatic N) is 1. The van der Waals surface area contributed by atoms with Crippen LogP contribution in [-0.2, 0) is 0 Å². The van der Waals surface area contributed by atoms with E-state index in [1.165, 1.54) is 6.07 Å². The highest BCUT2D eigenvalue weighted by atomic mass is 35.5. The molecule has 2 rings (SSSR count). The SMILES string of the molecule is Cc1ccc(F)c(C(=O)N2CCC(C)C2CCl)c1. The molecule has 1 saturated heterocycles. The van der Waals surface area contributed by atoms with Crippen LogP contribution < -0.4 is 0 Å². The molecule has 1 aromatic rings. The lowest BCUT2D eigenvalue weighted by Crippen LogP contribution is -2.39. The molecule has 1 fully saturated rings. The summed E-state index contributed by atoms with van der Waals surface area (Å²) >= 11 is 5.91. The number of carbonyl (C=O) groups is 1. The lowest BCUT2D eigenvalue weighted by atomic mass is 10.0. The zero-order valence-corrected chi connectivity index (χ0v) is 11.4. The lowest BCUT2D eigenvalue weighted by molar-refractivity contribution is 0.0732. The van der Waals surface area contributed by atoms with Crippen LogP contribution in [0.25, 0.3) is 0 Å². The summed E-state index contributed by atoms with van der Waals surface area (Å²) in [5.74, 6) is 0.0735. The first-order valence-electron chi connectivity index (χ1n) is 6.17. The third-order valence-electron chi connectivity index (χ3n) is 3.65. The van der Waals surface area contributed by atoms with Gasteiger partial charge in [-0.2, -0.15) is 0 Å². The van der Waals surface area contributed by atoms with Crippen LogP contribution in [0, 0.1) is 18.7 Å². The van der Waals surface area contributed by atoms with E-state index in [1.807, 2.05) is 6.92 Å². The zero-order chi connectivity index (χ0) is 13.3. The van der Waals surface area contributed by atoms with E-state index >= 15 is 0 Å². The van der Waals surface area contributed by atoms with Gasteiger partial charge in [-0.15, -0.1) is 11.6 Å². The van der Waals surface area contributed by atoms with E-state index in [4.69, 9.17) is 11.6 Å². The predicted molar refractivity (Wildman–Crippen MR) is 70.5 cm³/mol. The first-order valence-corrected chi connectivity index (χ1v) is 6.71. The Hall–Kier alpha value is -1.09. The van der Waals surface area contributed by atoms with Gasteiger partial charge >= 0.3 is 0 Å². The van der Waals surface area contributed by atoms with Gasteiger partial charge in [-0.05, 0) is 31.4 Å². The van der Waals surface area contributed by atoms with Crippen molar-refractivity contribution in [2.24, 2.45) is 5.92 Å². The summed E-state index contributed by atoms with van der Waals surface area (Å²) in [6.45, 7) is 4.58. The second-order valence-electron chi connectivity index (χ2n) is 4.97. The highest BCUT2D eigenvalue weighted by Crippen LogP contribution is 2.27. The smallest absolute Gasteiger partial charge is 0.257 e. The molecule has 0 spiro atoms. The van der Waals surface area contributed by atoms with Crippen molar-refractivity contribution in [3.63, 3.8) is 0 Å². The van der Waals surface area contributed by atoms with E-state index in [9.17, 15) is 9.18 Å². The fourth-order valence-electron chi connectivity index (χ4n) is 2.45. The zero-order valence-electron chi connectivity index (χ0n) is 10.6. The van der Waals surface area contributed by atoms with Crippen molar-refractivity contribution in [1.29, 1.82) is 0 Å². The van der Waals surface area contributed by atoms with E-state index < -0.39 is 5.82 Å². The van der Waals surface area contributed by atoms with Crippen molar-refractivity contribution in [3.05, 3.63) is 35.1 Å². The van der Waals surface area contributed by atoms with E-state index in [-0.39, 0.29) is 17.5 Å². The first kappa shape index (κ1) is 13.3. The molecule has 2 nitrogen and oxygen atoms in total. The third kappa shape index (κ3) is 2.37. The largest absolute Gasteiger partial charge is 0.334 e. The second-order valence-corrected chi connectivity index (χ2v) is 5.28. The summed E-state index contributed by atoms with van der Waals surface area (Å²) in [6, 6.07) is 4.63. The van der Waals surface area contributed by atoms with Crippen LogP contribution in [0.5, 0.6) is 0 Å². The number of amides is 1. The third-order valence-corrected chi connectivity index (χ3v) is 3.97. The Bertz CT molecular complexity index is 463. The molecule has 18 heavy (non-hydrogen) atoms. The number of hydrogen-bond acceptors (Lipinski definition) is 1. The van der Waals surface area contributed by atoms with Gasteiger partial charge in [0.1, 0.15) is 5.82 Å². The number of halogens is 2. The van der Waals surface area contributed by atoms with Gasteiger partial charge in [-0.25, -0.2) is 4.39 Å². The number of likely N-dealkylation sites (tertiary alicyclic amines) is 1. The molecule has 0 radical (unpaired) electrons. The lowest BCUT2D eigenvalue weighted by Gasteiger charge is -2.25. The number of hydrogen-bond donors (Lipinski definition) is 0. The minimum Gasteiger partial charge on any atom is -0.334 e. The van der Waals surface area contributed by atoms with Gasteiger partial charge in [0, 0.05) is 18.5 Å². The van der Waals surface area contributed by atoms with Gasteiger partial charge in [-0.3, -0.25) is 4.79 Å². The van der Waals surface area contributed by atoms with E-state index in [2.05, 4.69) is 6.92 Å². The molecule has 0 aromatic heterocycles. The molecule has 1 aliphatic heterocycles. The van der Waals surface area contributed by atoms with Gasteiger partial charge in [0.15, 0.2) is 0 Å². The number of rotatable bonds is 2. The molecule has 0 N–H and O–H groups in total. The summed E-state index contributed by atoms with van der Waals surface area (Å²) in [5, 5.41) is 0. The topological polar surface area (TPSA) is 20.3 Å². The summed E-state index contributed by atoms with van der Waals surface area (Å²) < 4.78 is 13.7. The van der Waals surface area contributed by atoms with Crippen molar-refractivity contribution in [3.8, 4) is 0 Å². The van der Waals surface area contributed by atoms with Crippen LogP contribution in [0.15, 0.2) is 18.2 Å². The number of aryl methyl sites for hydroxylation is 1. The van der Waals surface area contributed by atoms with E-state index in [1.54, 1.807) is 17.0 Å². The van der Waals surface area contributed by atoms with Crippen molar-refractivity contribution < 1.29 is 9.18 Å². The van der Waals surface area contributed by atoms with E-state index in [0.717, 1.165) is 12.0 Å². The molecular weight excluding hydrogens is 253 g/mol. The maximum Gasteiger partial charge on any atom is 0.257 e. The minimum atomic E-state index is -0.460. The Balaban J connectivity index is 2.28. The quantitative estimate of drug-likeness (QED) is 0.755. The van der Waals surface area contributed by atoms with Gasteiger partial charge in [0.05, 0.1) is 5.56 Å². The number of alkyl halides is 1. The number of benzene rings is 1. The molecule has 1 aromatic carbocycles. The highest BCUT2D eigenvalue weighted by Gasteiger charge is 2.34. The highest BCUT2D eigenvalue weighted by molar-refractivity contribution is 6.18. The van der Waals surface area contributed by atoms with Crippen LogP contribution >= 0.6 is 11.6 Å². The molecular formula is C14H17ClFNO. The van der Waals surface area contributed by atoms with Crippen molar-refractivity contribution in [2.45, 2.75) is 26.3 Å². The molecule has 98 valence electrons. The molecule has 1 heterocycles. The molecule has 0 aliphatic carbocycles. The normalized spacial score (nSPS) is 23.4. The van der Waals surface area contributed by atoms with Crippen LogP contribution in [0.3, 0.4) is 0 Å². The van der Waals surface area contributed by atoms with E-state index in [0.29, 0.717) is 18.3 Å². The average Bonchev–Trinajstić information content (AvgIpc) is 2.72. The average molecular weight is 270 g/mol. The minimum absolute atomic E-state index is 0.0130. The molecule has 2 unspecified atom stereocenters. The van der Waals surface area contributed by atoms with Gasteiger partial charge < -0.3 is 4.90 Å². The molecule has 1 amide bonds. The van der Waals surface area contributed by atoms with Crippen LogP contribution in [0.2, 0.25) is 0 Å². The Morgan fingerprint density at radius 1 is 1.56 bits per heavy atom. The molecule has 2 atom stereocenters. The van der Waals surface area contributed by atoms with Crippen LogP contribution in [0.1, 0.15) is 29.3 Å².